The molecule has 0 saturated carbocycles. The number of benzene rings is 3. The number of piperazine rings is 1. The van der Waals surface area contributed by atoms with E-state index in [1.54, 1.807) is 0 Å². The maximum atomic E-state index is 12.4. The van der Waals surface area contributed by atoms with Gasteiger partial charge < -0.3 is 10.1 Å². The number of anilines is 1. The van der Waals surface area contributed by atoms with Gasteiger partial charge in [-0.2, -0.15) is 0 Å². The second kappa shape index (κ2) is 9.74. The topological polar surface area (TPSA) is 44.8 Å². The van der Waals surface area contributed by atoms with E-state index in [0.29, 0.717) is 13.2 Å². The van der Waals surface area contributed by atoms with Gasteiger partial charge in [-0.1, -0.05) is 42.5 Å². The molecule has 1 aliphatic rings. The largest absolute Gasteiger partial charge is 0.494 e. The van der Waals surface area contributed by atoms with Crippen LogP contribution in [0.15, 0.2) is 66.7 Å². The third-order valence-electron chi connectivity index (χ3n) is 5.56. The summed E-state index contributed by atoms with van der Waals surface area (Å²) in [5.41, 5.74) is 2.17. The van der Waals surface area contributed by atoms with Gasteiger partial charge in [-0.05, 0) is 47.5 Å². The van der Waals surface area contributed by atoms with E-state index in [0.717, 1.165) is 44.2 Å². The van der Waals surface area contributed by atoms with Gasteiger partial charge in [0.25, 0.3) is 0 Å². The van der Waals surface area contributed by atoms with Gasteiger partial charge in [-0.15, -0.1) is 0 Å². The van der Waals surface area contributed by atoms with E-state index in [4.69, 9.17) is 4.74 Å². The Hall–Kier alpha value is -2.89. The zero-order chi connectivity index (χ0) is 20.8. The molecular weight excluding hydrogens is 374 g/mol. The van der Waals surface area contributed by atoms with Crippen molar-refractivity contribution in [2.45, 2.75) is 13.5 Å². The van der Waals surface area contributed by atoms with Crippen LogP contribution in [-0.4, -0.2) is 55.0 Å². The lowest BCUT2D eigenvalue weighted by molar-refractivity contribution is -0.117. The van der Waals surface area contributed by atoms with Gasteiger partial charge in [-0.3, -0.25) is 14.6 Å². The van der Waals surface area contributed by atoms with Crippen molar-refractivity contribution in [1.29, 1.82) is 0 Å². The molecule has 1 N–H and O–H groups in total. The first kappa shape index (κ1) is 20.4. The van der Waals surface area contributed by atoms with Crippen LogP contribution in [0.3, 0.4) is 0 Å². The van der Waals surface area contributed by atoms with Gasteiger partial charge in [0.2, 0.25) is 5.91 Å². The molecule has 5 heteroatoms. The van der Waals surface area contributed by atoms with Crippen molar-refractivity contribution in [3.8, 4) is 5.75 Å². The Labute approximate surface area is 178 Å². The normalized spacial score (nSPS) is 15.2. The van der Waals surface area contributed by atoms with Crippen LogP contribution in [0.1, 0.15) is 12.5 Å². The van der Waals surface area contributed by atoms with E-state index >= 15 is 0 Å². The highest BCUT2D eigenvalue weighted by atomic mass is 16.5. The van der Waals surface area contributed by atoms with E-state index in [2.05, 4.69) is 57.6 Å². The number of hydrogen-bond donors (Lipinski definition) is 1. The van der Waals surface area contributed by atoms with Crippen LogP contribution < -0.4 is 10.1 Å². The smallest absolute Gasteiger partial charge is 0.238 e. The molecule has 3 aromatic carbocycles. The van der Waals surface area contributed by atoms with Gasteiger partial charge in [-0.25, -0.2) is 0 Å². The molecule has 0 radical (unpaired) electrons. The van der Waals surface area contributed by atoms with Crippen LogP contribution >= 0.6 is 0 Å². The molecule has 1 fully saturated rings. The maximum absolute atomic E-state index is 12.4. The number of nitrogens with zero attached hydrogens (tertiary/aromatic N) is 2. The van der Waals surface area contributed by atoms with Gasteiger partial charge in [0.1, 0.15) is 5.75 Å². The summed E-state index contributed by atoms with van der Waals surface area (Å²) < 4.78 is 5.44. The molecule has 3 aromatic rings. The molecule has 0 bridgehead atoms. The fraction of sp³-hybridized carbons (Fsp3) is 0.320. The lowest BCUT2D eigenvalue weighted by atomic mass is 10.0. The van der Waals surface area contributed by atoms with E-state index in [-0.39, 0.29) is 5.91 Å². The van der Waals surface area contributed by atoms with Crippen molar-refractivity contribution < 1.29 is 9.53 Å². The SMILES string of the molecule is CCOc1ccc(NC(=O)CN2CCN(Cc3cccc4ccccc34)CC2)cc1. The van der Waals surface area contributed by atoms with Crippen molar-refractivity contribution in [1.82, 2.24) is 9.80 Å². The van der Waals surface area contributed by atoms with Gasteiger partial charge in [0.05, 0.1) is 13.2 Å². The van der Waals surface area contributed by atoms with Crippen LogP contribution in [0.5, 0.6) is 5.75 Å². The summed E-state index contributed by atoms with van der Waals surface area (Å²) in [4.78, 5) is 17.1. The number of carbonyl (C=O) groups is 1. The van der Waals surface area contributed by atoms with Gasteiger partial charge >= 0.3 is 0 Å². The van der Waals surface area contributed by atoms with Crippen molar-refractivity contribution in [3.05, 3.63) is 72.3 Å². The van der Waals surface area contributed by atoms with E-state index in [9.17, 15) is 4.79 Å². The Bertz CT molecular complexity index is 974. The number of ether oxygens (including phenoxy) is 1. The fourth-order valence-electron chi connectivity index (χ4n) is 3.98. The van der Waals surface area contributed by atoms with Crippen molar-refractivity contribution in [2.24, 2.45) is 0 Å². The Kier molecular flexibility index (Phi) is 6.62. The average Bonchev–Trinajstić information content (AvgIpc) is 2.77. The van der Waals surface area contributed by atoms with Crippen molar-refractivity contribution >= 4 is 22.4 Å². The fourth-order valence-corrected chi connectivity index (χ4v) is 3.98. The Balaban J connectivity index is 1.25. The molecule has 4 rings (SSSR count). The lowest BCUT2D eigenvalue weighted by Gasteiger charge is -2.34. The Morgan fingerprint density at radius 3 is 2.37 bits per heavy atom. The number of amides is 1. The van der Waals surface area contributed by atoms with Crippen molar-refractivity contribution in [2.75, 3.05) is 44.6 Å². The molecule has 1 saturated heterocycles. The molecule has 156 valence electrons. The zero-order valence-corrected chi connectivity index (χ0v) is 17.5. The molecule has 1 heterocycles. The summed E-state index contributed by atoms with van der Waals surface area (Å²) in [6.07, 6.45) is 0. The minimum Gasteiger partial charge on any atom is -0.494 e. The number of hydrogen-bond acceptors (Lipinski definition) is 4. The number of rotatable bonds is 7. The number of nitrogens with one attached hydrogen (secondary N) is 1. The monoisotopic (exact) mass is 403 g/mol. The first-order valence-corrected chi connectivity index (χ1v) is 10.7. The Morgan fingerprint density at radius 1 is 0.900 bits per heavy atom. The summed E-state index contributed by atoms with van der Waals surface area (Å²) in [6, 6.07) is 22.6. The van der Waals surface area contributed by atoms with Gasteiger partial charge in [0.15, 0.2) is 0 Å². The standard InChI is InChI=1S/C25H29N3O2/c1-2-30-23-12-10-22(11-13-23)26-25(29)19-28-16-14-27(15-17-28)18-21-8-5-7-20-6-3-4-9-24(20)21/h3-13H,2,14-19H2,1H3,(H,26,29). The minimum atomic E-state index is 0.0293. The van der Waals surface area contributed by atoms with Crippen LogP contribution in [0.4, 0.5) is 5.69 Å². The second-order valence-corrected chi connectivity index (χ2v) is 7.70. The molecule has 1 amide bonds. The lowest BCUT2D eigenvalue weighted by Crippen LogP contribution is -2.48. The molecule has 1 aliphatic heterocycles. The molecule has 0 aromatic heterocycles. The number of fused-ring (bicyclic) bond motifs is 1. The summed E-state index contributed by atoms with van der Waals surface area (Å²) >= 11 is 0. The molecular formula is C25H29N3O2. The van der Waals surface area contributed by atoms with Crippen molar-refractivity contribution in [3.63, 3.8) is 0 Å². The second-order valence-electron chi connectivity index (χ2n) is 7.70. The van der Waals surface area contributed by atoms with Crippen LogP contribution in [0, 0.1) is 0 Å². The molecule has 0 spiro atoms. The predicted molar refractivity (Wildman–Crippen MR) is 122 cm³/mol. The quantitative estimate of drug-likeness (QED) is 0.648. The molecule has 0 unspecified atom stereocenters. The third kappa shape index (κ3) is 5.17. The van der Waals surface area contributed by atoms with E-state index in [1.807, 2.05) is 31.2 Å². The van der Waals surface area contributed by atoms with Gasteiger partial charge in [0, 0.05) is 38.4 Å². The van der Waals surface area contributed by atoms with Crippen LogP contribution in [-0.2, 0) is 11.3 Å². The highest BCUT2D eigenvalue weighted by molar-refractivity contribution is 5.92. The maximum Gasteiger partial charge on any atom is 0.238 e. The first-order chi connectivity index (χ1) is 14.7. The van der Waals surface area contributed by atoms with E-state index in [1.165, 1.54) is 16.3 Å². The number of carbonyl (C=O) groups excluding carboxylic acids is 1. The summed E-state index contributed by atoms with van der Waals surface area (Å²) in [6.45, 7) is 7.72. The van der Waals surface area contributed by atoms with Crippen LogP contribution in [0.2, 0.25) is 0 Å². The predicted octanol–water partition coefficient (Wildman–Crippen LogP) is 3.99. The minimum absolute atomic E-state index is 0.0293. The highest BCUT2D eigenvalue weighted by Gasteiger charge is 2.19. The zero-order valence-electron chi connectivity index (χ0n) is 17.5. The summed E-state index contributed by atoms with van der Waals surface area (Å²) in [5, 5.41) is 5.60. The first-order valence-electron chi connectivity index (χ1n) is 10.7. The molecule has 0 atom stereocenters. The van der Waals surface area contributed by atoms with Crippen LogP contribution in [0.25, 0.3) is 10.8 Å². The van der Waals surface area contributed by atoms with E-state index < -0.39 is 0 Å². The third-order valence-corrected chi connectivity index (χ3v) is 5.56. The average molecular weight is 404 g/mol. The Morgan fingerprint density at radius 2 is 1.60 bits per heavy atom. The highest BCUT2D eigenvalue weighted by Crippen LogP contribution is 2.20. The molecule has 30 heavy (non-hydrogen) atoms. The molecule has 0 aliphatic carbocycles. The molecule has 5 nitrogen and oxygen atoms in total. The summed E-state index contributed by atoms with van der Waals surface area (Å²) in [5.74, 6) is 0.847. The summed E-state index contributed by atoms with van der Waals surface area (Å²) in [7, 11) is 0.